The van der Waals surface area contributed by atoms with E-state index in [0.29, 0.717) is 5.82 Å². The molecule has 0 bridgehead atoms. The highest BCUT2D eigenvalue weighted by molar-refractivity contribution is 7.17. The number of nitrogens with zero attached hydrogens (tertiary/aromatic N) is 13. The van der Waals surface area contributed by atoms with Gasteiger partial charge in [0.25, 0.3) is 0 Å². The maximum absolute atomic E-state index is 5.60. The molecule has 0 amide bonds. The summed E-state index contributed by atoms with van der Waals surface area (Å²) in [5.41, 5.74) is 44.6. The van der Waals surface area contributed by atoms with Crippen molar-refractivity contribution in [2.45, 2.75) is 96.4 Å². The minimum atomic E-state index is 0.573. The number of nitrogens with one attached hydrogen (secondary N) is 8. The standard InChI is InChI=1S/C9H10N2.C9H11N.C9H9N.C8H9N3.2C8H8N2.C8H7NO.2C8H7NS.2C7H7N3.C7H6N2S/c1-6-3-4-8-9(5-6)11-7(2)10-8;2*1-7-2-3-9-8(6-7)4-5-10-9;1-5-2-3-7-6(4-5)8(9)11-10-7;1-6-2-3-8-7(4-6)5-9-10-8;2*1-6-2-3-7-8(4-6)10-5-9-7;1-6-2-3-8-7(4-6)9-5-10-8;1-6-2-3-7-8(4-6)10-5-9-7;3*1-5-2-3-6-7(4-5)9-10-8-6/h3-5H,1-2H3,(H,10,11);2-3,6,10H,4-5H2,1H3;2-6,10H,1H3;2-4H,1H3,(H3,9,10,11);2*2-5H,1H3,(H,9,10);3*2-5H,1H3;2*2-4H,1H3,(H,8,9,10);2-4H,1H3. The number of rotatable bonds is 0. The molecule has 10 N–H and O–H groups in total. The first-order valence-electron chi connectivity index (χ1n) is 39.6. The number of oxazole rings is 1. The van der Waals surface area contributed by atoms with Crippen molar-refractivity contribution in [1.82, 2.24) is 99.8 Å². The van der Waals surface area contributed by atoms with Gasteiger partial charge in [-0.05, 0) is 297 Å². The number of H-pyrrole nitrogens is 7. The lowest BCUT2D eigenvalue weighted by Crippen LogP contribution is -1.90. The van der Waals surface area contributed by atoms with Crippen molar-refractivity contribution in [3.63, 3.8) is 0 Å². The Balaban J connectivity index is 0.000000115. The molecule has 12 aromatic carbocycles. The lowest BCUT2D eigenvalue weighted by Gasteiger charge is -1.98. The van der Waals surface area contributed by atoms with Gasteiger partial charge in [-0.15, -0.1) is 22.7 Å². The summed E-state index contributed by atoms with van der Waals surface area (Å²) in [6.07, 6.45) is 8.16. The molecule has 23 nitrogen and oxygen atoms in total. The molecule has 0 fully saturated rings. The number of aromatic amines is 7. The van der Waals surface area contributed by atoms with Crippen molar-refractivity contribution >= 4 is 165 Å². The fourth-order valence-corrected chi connectivity index (χ4v) is 14.8. The summed E-state index contributed by atoms with van der Waals surface area (Å²) < 4.78 is 15.8. The van der Waals surface area contributed by atoms with Gasteiger partial charge in [0.15, 0.2) is 17.8 Å². The number of aryl methyl sites for hydroxylation is 13. The van der Waals surface area contributed by atoms with E-state index < -0.39 is 0 Å². The van der Waals surface area contributed by atoms with Crippen LogP contribution in [-0.2, 0) is 6.42 Å². The molecule has 0 atom stereocenters. The van der Waals surface area contributed by atoms with E-state index in [2.05, 4.69) is 276 Å². The van der Waals surface area contributed by atoms with Crippen molar-refractivity contribution in [1.29, 1.82) is 0 Å². The number of imidazole rings is 2. The van der Waals surface area contributed by atoms with Crippen LogP contribution in [0.2, 0.25) is 0 Å². The molecule has 24 rings (SSSR count). The van der Waals surface area contributed by atoms with E-state index in [1.54, 1.807) is 29.0 Å². The van der Waals surface area contributed by atoms with Crippen molar-refractivity contribution in [2.75, 3.05) is 17.6 Å². The summed E-state index contributed by atoms with van der Waals surface area (Å²) >= 11 is 4.64. The number of benzene rings is 12. The van der Waals surface area contributed by atoms with Crippen LogP contribution in [0, 0.1) is 90.0 Å². The number of aromatic nitrogens is 20. The summed E-state index contributed by atoms with van der Waals surface area (Å²) in [4.78, 5) is 30.2. The van der Waals surface area contributed by atoms with Crippen molar-refractivity contribution in [3.05, 3.63) is 339 Å². The van der Waals surface area contributed by atoms with Gasteiger partial charge >= 0.3 is 0 Å². The molecule has 23 aromatic rings. The van der Waals surface area contributed by atoms with E-state index >= 15 is 0 Å². The van der Waals surface area contributed by atoms with Gasteiger partial charge in [-0.25, -0.2) is 24.9 Å². The monoisotopic (exact) mass is 1670 g/mol. The maximum atomic E-state index is 5.60. The topological polar surface area (TPSA) is 329 Å². The zero-order chi connectivity index (χ0) is 85.4. The lowest BCUT2D eigenvalue weighted by molar-refractivity contribution is 0.602. The minimum absolute atomic E-state index is 0.573. The third kappa shape index (κ3) is 24.1. The van der Waals surface area contributed by atoms with Gasteiger partial charge in [-0.3, -0.25) is 10.2 Å². The third-order valence-electron chi connectivity index (χ3n) is 19.2. The van der Waals surface area contributed by atoms with E-state index in [1.165, 1.54) is 128 Å². The average molecular weight is 1670 g/mol. The van der Waals surface area contributed by atoms with Crippen LogP contribution < -0.4 is 11.1 Å². The molecule has 0 unspecified atom stereocenters. The van der Waals surface area contributed by atoms with Gasteiger partial charge < -0.3 is 30.4 Å². The van der Waals surface area contributed by atoms with Crippen molar-refractivity contribution < 1.29 is 4.42 Å². The molecule has 614 valence electrons. The highest BCUT2D eigenvalue weighted by Gasteiger charge is 2.09. The minimum Gasteiger partial charge on any atom is -0.443 e. The summed E-state index contributed by atoms with van der Waals surface area (Å²) in [6, 6.07) is 76.3. The number of nitrogens with two attached hydrogens (primary N) is 1. The van der Waals surface area contributed by atoms with Gasteiger partial charge in [0.1, 0.15) is 44.4 Å². The molecule has 0 saturated heterocycles. The second kappa shape index (κ2) is 41.3. The molecule has 1 aliphatic heterocycles. The van der Waals surface area contributed by atoms with Gasteiger partial charge in [0.2, 0.25) is 0 Å². The first-order chi connectivity index (χ1) is 59.1. The molecule has 26 heteroatoms. The normalized spacial score (nSPS) is 10.9. The van der Waals surface area contributed by atoms with Crippen LogP contribution in [0.25, 0.3) is 119 Å². The third-order valence-corrected chi connectivity index (χ3v) is 21.3. The number of hydrogen-bond acceptors (Lipinski definition) is 19. The second-order valence-electron chi connectivity index (χ2n) is 29.6. The molecule has 0 aliphatic carbocycles. The first kappa shape index (κ1) is 85.4. The van der Waals surface area contributed by atoms with E-state index in [0.717, 1.165) is 106 Å². The van der Waals surface area contributed by atoms with Crippen LogP contribution in [0.1, 0.15) is 78.1 Å². The van der Waals surface area contributed by atoms with E-state index in [1.807, 2.05) is 167 Å². The number of anilines is 2. The van der Waals surface area contributed by atoms with Gasteiger partial charge in [0, 0.05) is 34.7 Å². The zero-order valence-electron chi connectivity index (χ0n) is 70.3. The van der Waals surface area contributed by atoms with E-state index in [-0.39, 0.29) is 0 Å². The Morgan fingerprint density at radius 3 is 1.59 bits per heavy atom. The molecule has 122 heavy (non-hydrogen) atoms. The van der Waals surface area contributed by atoms with Crippen LogP contribution in [0.4, 0.5) is 11.5 Å². The van der Waals surface area contributed by atoms with Crippen LogP contribution in [-0.4, -0.2) is 106 Å². The zero-order valence-corrected chi connectivity index (χ0v) is 72.7. The van der Waals surface area contributed by atoms with Crippen molar-refractivity contribution in [3.8, 4) is 0 Å². The highest BCUT2D eigenvalue weighted by Crippen LogP contribution is 2.25. The van der Waals surface area contributed by atoms with Gasteiger partial charge in [-0.1, -0.05) is 101 Å². The van der Waals surface area contributed by atoms with E-state index in [4.69, 9.17) is 10.2 Å². The molecular formula is C96H96N22OS3. The Morgan fingerprint density at radius 1 is 0.361 bits per heavy atom. The molecule has 11 aromatic heterocycles. The SMILES string of the molecule is Cc1ccc2[nH]ccc2c1.Cc1ccc2[nH]nc(N)c2c1.Cc1ccc2[nH]ncc2c1.Cc1ccc2c(c1)CCN2.Cc1ccc2n[nH]nc2c1.Cc1ccc2n[nH]nc2c1.Cc1ccc2nc(C)[nH]c2c1.Cc1ccc2nc[nH]c2c1.Cc1ccc2ncoc2c1.Cc1ccc2ncsc2c1.Cc1ccc2nsnc2c1.Cc1ccc2scnc2c1. The number of hydrogen-bond donors (Lipinski definition) is 9. The van der Waals surface area contributed by atoms with Crippen molar-refractivity contribution in [2.24, 2.45) is 0 Å². The fourth-order valence-electron chi connectivity index (χ4n) is 12.8. The first-order valence-corrected chi connectivity index (χ1v) is 42.1. The lowest BCUT2D eigenvalue weighted by atomic mass is 10.1. The maximum Gasteiger partial charge on any atom is 0.181 e. The Morgan fingerprint density at radius 2 is 0.877 bits per heavy atom. The Bertz CT molecular complexity index is 6240. The largest absolute Gasteiger partial charge is 0.443 e. The molecule has 0 saturated carbocycles. The van der Waals surface area contributed by atoms with E-state index in [9.17, 15) is 0 Å². The predicted octanol–water partition coefficient (Wildman–Crippen LogP) is 23.7. The summed E-state index contributed by atoms with van der Waals surface area (Å²) in [5.74, 6) is 1.55. The fraction of sp³-hybridized carbons (Fsp3) is 0.156. The highest BCUT2D eigenvalue weighted by atomic mass is 32.1. The quantitative estimate of drug-likeness (QED) is 0.0681. The predicted molar refractivity (Wildman–Crippen MR) is 506 cm³/mol. The molecular weight excluding hydrogens is 1570 g/mol. The molecule has 0 radical (unpaired) electrons. The molecule has 0 spiro atoms. The van der Waals surface area contributed by atoms with Crippen LogP contribution in [0.15, 0.2) is 265 Å². The average Bonchev–Trinajstić information content (AvgIpc) is 1.69. The second-order valence-corrected chi connectivity index (χ2v) is 32.0. The Hall–Kier alpha value is -14.5. The Kier molecular flexibility index (Phi) is 28.9. The van der Waals surface area contributed by atoms with Gasteiger partial charge in [0.05, 0.1) is 88.8 Å². The van der Waals surface area contributed by atoms with Crippen LogP contribution >= 0.6 is 34.4 Å². The van der Waals surface area contributed by atoms with Crippen LogP contribution in [0.3, 0.4) is 0 Å². The summed E-state index contributed by atoms with van der Waals surface area (Å²) in [5, 5.41) is 41.2. The number of nitrogen functional groups attached to an aromatic ring is 1. The summed E-state index contributed by atoms with van der Waals surface area (Å²) in [7, 11) is 0. The molecule has 12 heterocycles. The summed E-state index contributed by atoms with van der Waals surface area (Å²) in [6.45, 7) is 27.9. The molecule has 1 aliphatic rings. The number of thiazole rings is 2. The van der Waals surface area contributed by atoms with Crippen LogP contribution in [0.5, 0.6) is 0 Å². The Labute approximate surface area is 717 Å². The van der Waals surface area contributed by atoms with Gasteiger partial charge in [-0.2, -0.15) is 49.8 Å². The smallest absolute Gasteiger partial charge is 0.181 e. The number of fused-ring (bicyclic) bond motifs is 12.